The van der Waals surface area contributed by atoms with Gasteiger partial charge in [0.15, 0.2) is 5.96 Å². The number of nitrogens with one attached hydrogen (secondary N) is 2. The zero-order valence-corrected chi connectivity index (χ0v) is 16.0. The van der Waals surface area contributed by atoms with Gasteiger partial charge in [-0.2, -0.15) is 0 Å². The number of hydrogen-bond donors (Lipinski definition) is 2. The Hall–Kier alpha value is -1.83. The Labute approximate surface area is 159 Å². The first-order valence-electron chi connectivity index (χ1n) is 7.57. The van der Waals surface area contributed by atoms with Crippen LogP contribution in [-0.4, -0.2) is 19.0 Å². The first kappa shape index (κ1) is 20.2. The largest absolute Gasteiger partial charge is 0.469 e. The Kier molecular flexibility index (Phi) is 9.14. The molecule has 1 heterocycles. The minimum Gasteiger partial charge on any atom is -0.469 e. The standard InChI is InChI=1S/C18H22FN3O.HI/c1-14(2)12-21-18(20-10-9-17-4-3-11-23-17)22-13-15-5-7-16(19)8-6-15;/h3-8,11H,1,9-10,12-13H2,2H3,(H2,20,21,22);1H. The highest BCUT2D eigenvalue weighted by atomic mass is 127. The van der Waals surface area contributed by atoms with Crippen molar-refractivity contribution < 1.29 is 8.81 Å². The Bertz CT molecular complexity index is 639. The van der Waals surface area contributed by atoms with Gasteiger partial charge in [0, 0.05) is 19.5 Å². The fourth-order valence-corrected chi connectivity index (χ4v) is 1.93. The van der Waals surface area contributed by atoms with Crippen LogP contribution in [0.5, 0.6) is 0 Å². The van der Waals surface area contributed by atoms with Crippen LogP contribution in [0.4, 0.5) is 4.39 Å². The molecule has 0 unspecified atom stereocenters. The van der Waals surface area contributed by atoms with Crippen molar-refractivity contribution in [3.8, 4) is 0 Å². The SMILES string of the molecule is C=C(C)CNC(=NCc1ccc(F)cc1)NCCc1ccco1.I. The molecule has 0 bridgehead atoms. The van der Waals surface area contributed by atoms with Crippen LogP contribution in [0.25, 0.3) is 0 Å². The van der Waals surface area contributed by atoms with E-state index in [1.165, 1.54) is 12.1 Å². The molecule has 4 nitrogen and oxygen atoms in total. The van der Waals surface area contributed by atoms with Crippen LogP contribution in [0.1, 0.15) is 18.2 Å². The molecular formula is C18H23FIN3O. The molecule has 2 rings (SSSR count). The lowest BCUT2D eigenvalue weighted by molar-refractivity contribution is 0.507. The smallest absolute Gasteiger partial charge is 0.191 e. The van der Waals surface area contributed by atoms with Gasteiger partial charge in [-0.25, -0.2) is 9.38 Å². The van der Waals surface area contributed by atoms with Gasteiger partial charge in [-0.15, -0.1) is 24.0 Å². The average molecular weight is 443 g/mol. The van der Waals surface area contributed by atoms with E-state index in [0.29, 0.717) is 25.6 Å². The van der Waals surface area contributed by atoms with Crippen LogP contribution < -0.4 is 10.6 Å². The molecule has 0 saturated carbocycles. The third-order valence-corrected chi connectivity index (χ3v) is 3.13. The summed E-state index contributed by atoms with van der Waals surface area (Å²) in [5.41, 5.74) is 1.97. The Balaban J connectivity index is 0.00000288. The molecule has 2 N–H and O–H groups in total. The number of nitrogens with zero attached hydrogens (tertiary/aromatic N) is 1. The summed E-state index contributed by atoms with van der Waals surface area (Å²) in [6.07, 6.45) is 2.44. The summed E-state index contributed by atoms with van der Waals surface area (Å²) in [5, 5.41) is 6.47. The predicted octanol–water partition coefficient (Wildman–Crippen LogP) is 3.89. The highest BCUT2D eigenvalue weighted by Gasteiger charge is 2.01. The molecular weight excluding hydrogens is 420 g/mol. The van der Waals surface area contributed by atoms with E-state index in [9.17, 15) is 4.39 Å². The molecule has 1 aromatic carbocycles. The molecule has 1 aromatic heterocycles. The Morgan fingerprint density at radius 3 is 2.58 bits per heavy atom. The second-order valence-corrected chi connectivity index (χ2v) is 5.36. The van der Waals surface area contributed by atoms with E-state index < -0.39 is 0 Å². The maximum Gasteiger partial charge on any atom is 0.191 e. The van der Waals surface area contributed by atoms with E-state index in [1.54, 1.807) is 18.4 Å². The molecule has 6 heteroatoms. The highest BCUT2D eigenvalue weighted by molar-refractivity contribution is 14.0. The number of rotatable bonds is 7. The quantitative estimate of drug-likeness (QED) is 0.296. The highest BCUT2D eigenvalue weighted by Crippen LogP contribution is 2.04. The molecule has 0 radical (unpaired) electrons. The van der Waals surface area contributed by atoms with E-state index in [4.69, 9.17) is 4.42 Å². The van der Waals surface area contributed by atoms with Crippen LogP contribution in [0.2, 0.25) is 0 Å². The first-order chi connectivity index (χ1) is 11.1. The number of benzene rings is 1. The van der Waals surface area contributed by atoms with Crippen molar-refractivity contribution in [2.75, 3.05) is 13.1 Å². The molecule has 0 spiro atoms. The van der Waals surface area contributed by atoms with Gasteiger partial charge in [-0.05, 0) is 36.8 Å². The molecule has 0 aliphatic rings. The zero-order valence-electron chi connectivity index (χ0n) is 13.7. The van der Waals surface area contributed by atoms with Crippen LogP contribution in [0.15, 0.2) is 64.2 Å². The third-order valence-electron chi connectivity index (χ3n) is 3.13. The van der Waals surface area contributed by atoms with Crippen LogP contribution in [-0.2, 0) is 13.0 Å². The summed E-state index contributed by atoms with van der Waals surface area (Å²) in [5.74, 6) is 1.38. The maximum atomic E-state index is 12.9. The molecule has 0 fully saturated rings. The van der Waals surface area contributed by atoms with Gasteiger partial charge in [0.1, 0.15) is 11.6 Å². The summed E-state index contributed by atoms with van der Waals surface area (Å²) >= 11 is 0. The molecule has 130 valence electrons. The number of guanidine groups is 1. The topological polar surface area (TPSA) is 49.6 Å². The van der Waals surface area contributed by atoms with Gasteiger partial charge in [0.05, 0.1) is 12.8 Å². The Morgan fingerprint density at radius 1 is 1.21 bits per heavy atom. The Morgan fingerprint density at radius 2 is 1.96 bits per heavy atom. The van der Waals surface area contributed by atoms with Crippen molar-refractivity contribution in [2.24, 2.45) is 4.99 Å². The van der Waals surface area contributed by atoms with Gasteiger partial charge < -0.3 is 15.1 Å². The average Bonchev–Trinajstić information content (AvgIpc) is 3.04. The van der Waals surface area contributed by atoms with Crippen LogP contribution in [0, 0.1) is 5.82 Å². The van der Waals surface area contributed by atoms with Crippen molar-refractivity contribution in [3.63, 3.8) is 0 Å². The summed E-state index contributed by atoms with van der Waals surface area (Å²) in [4.78, 5) is 4.51. The van der Waals surface area contributed by atoms with Gasteiger partial charge in [0.2, 0.25) is 0 Å². The first-order valence-corrected chi connectivity index (χ1v) is 7.57. The van der Waals surface area contributed by atoms with Gasteiger partial charge in [-0.3, -0.25) is 0 Å². The van der Waals surface area contributed by atoms with E-state index in [0.717, 1.165) is 23.3 Å². The third kappa shape index (κ3) is 7.63. The zero-order chi connectivity index (χ0) is 16.5. The predicted molar refractivity (Wildman–Crippen MR) is 106 cm³/mol. The number of aliphatic imine (C=N–C) groups is 1. The van der Waals surface area contributed by atoms with E-state index in [1.807, 2.05) is 19.1 Å². The van der Waals surface area contributed by atoms with E-state index in [-0.39, 0.29) is 29.8 Å². The molecule has 2 aromatic rings. The van der Waals surface area contributed by atoms with Gasteiger partial charge in [0.25, 0.3) is 0 Å². The lowest BCUT2D eigenvalue weighted by atomic mass is 10.2. The minimum atomic E-state index is -0.241. The van der Waals surface area contributed by atoms with Crippen molar-refractivity contribution >= 4 is 29.9 Å². The fourth-order valence-electron chi connectivity index (χ4n) is 1.93. The summed E-state index contributed by atoms with van der Waals surface area (Å²) in [6, 6.07) is 10.2. The molecule has 0 aliphatic carbocycles. The molecule has 0 amide bonds. The number of furan rings is 1. The van der Waals surface area contributed by atoms with Crippen molar-refractivity contribution in [3.05, 3.63) is 72.0 Å². The van der Waals surface area contributed by atoms with E-state index >= 15 is 0 Å². The van der Waals surface area contributed by atoms with E-state index in [2.05, 4.69) is 22.2 Å². The number of halogens is 2. The summed E-state index contributed by atoms with van der Waals surface area (Å²) in [6.45, 7) is 7.66. The second-order valence-electron chi connectivity index (χ2n) is 5.36. The molecule has 24 heavy (non-hydrogen) atoms. The van der Waals surface area contributed by atoms with Crippen LogP contribution in [0.3, 0.4) is 0 Å². The van der Waals surface area contributed by atoms with Gasteiger partial charge in [-0.1, -0.05) is 24.3 Å². The lowest BCUT2D eigenvalue weighted by Gasteiger charge is -2.12. The van der Waals surface area contributed by atoms with Crippen molar-refractivity contribution in [2.45, 2.75) is 19.9 Å². The monoisotopic (exact) mass is 443 g/mol. The van der Waals surface area contributed by atoms with Gasteiger partial charge >= 0.3 is 0 Å². The lowest BCUT2D eigenvalue weighted by Crippen LogP contribution is -2.39. The minimum absolute atomic E-state index is 0. The number of hydrogen-bond acceptors (Lipinski definition) is 2. The molecule has 0 saturated heterocycles. The molecule has 0 atom stereocenters. The van der Waals surface area contributed by atoms with Crippen molar-refractivity contribution in [1.29, 1.82) is 0 Å². The molecule has 0 aliphatic heterocycles. The summed E-state index contributed by atoms with van der Waals surface area (Å²) in [7, 11) is 0. The van der Waals surface area contributed by atoms with Crippen molar-refractivity contribution in [1.82, 2.24) is 10.6 Å². The van der Waals surface area contributed by atoms with Crippen LogP contribution >= 0.6 is 24.0 Å². The second kappa shape index (κ2) is 10.9. The fraction of sp³-hybridized carbons (Fsp3) is 0.278. The summed E-state index contributed by atoms with van der Waals surface area (Å²) < 4.78 is 18.2. The maximum absolute atomic E-state index is 12.9. The normalized spacial score (nSPS) is 10.8.